The van der Waals surface area contributed by atoms with Crippen LogP contribution in [0, 0.1) is 5.92 Å². The Morgan fingerprint density at radius 3 is 2.63 bits per heavy atom. The lowest BCUT2D eigenvalue weighted by Gasteiger charge is -2.08. The van der Waals surface area contributed by atoms with Gasteiger partial charge in [0.25, 0.3) is 0 Å². The van der Waals surface area contributed by atoms with Crippen LogP contribution in [0.25, 0.3) is 0 Å². The zero-order valence-corrected chi connectivity index (χ0v) is 11.4. The first-order valence-electron chi connectivity index (χ1n) is 6.56. The molecule has 0 aliphatic rings. The Bertz CT molecular complexity index is 520. The van der Waals surface area contributed by atoms with Gasteiger partial charge in [0.1, 0.15) is 0 Å². The molecule has 0 spiro atoms. The van der Waals surface area contributed by atoms with Gasteiger partial charge in [-0.15, -0.1) is 5.10 Å². The normalized spacial score (nSPS) is 10.7. The van der Waals surface area contributed by atoms with Crippen molar-refractivity contribution in [2.75, 3.05) is 5.32 Å². The van der Waals surface area contributed by atoms with E-state index in [4.69, 9.17) is 5.73 Å². The number of hydrogen-bond donors (Lipinski definition) is 2. The highest BCUT2D eigenvalue weighted by Crippen LogP contribution is 2.16. The Hall–Kier alpha value is -1.94. The fourth-order valence-corrected chi connectivity index (χ4v) is 1.88. The molecular weight excluding hydrogens is 236 g/mol. The lowest BCUT2D eigenvalue weighted by Crippen LogP contribution is -2.02. The molecule has 19 heavy (non-hydrogen) atoms. The largest absolute Gasteiger partial charge is 0.339 e. The Morgan fingerprint density at radius 1 is 1.16 bits per heavy atom. The molecule has 100 valence electrons. The number of aromatic nitrogens is 2. The summed E-state index contributed by atoms with van der Waals surface area (Å²) in [6.45, 7) is 4.88. The van der Waals surface area contributed by atoms with Crippen molar-refractivity contribution in [1.82, 2.24) is 10.2 Å². The minimum Gasteiger partial charge on any atom is -0.339 e. The van der Waals surface area contributed by atoms with Crippen LogP contribution < -0.4 is 11.1 Å². The van der Waals surface area contributed by atoms with Gasteiger partial charge in [0.15, 0.2) is 5.82 Å². The van der Waals surface area contributed by atoms with Crippen LogP contribution >= 0.6 is 0 Å². The number of nitrogens with two attached hydrogens (primary N) is 1. The van der Waals surface area contributed by atoms with Crippen LogP contribution in [0.2, 0.25) is 0 Å². The van der Waals surface area contributed by atoms with Gasteiger partial charge in [-0.1, -0.05) is 26.0 Å². The highest BCUT2D eigenvalue weighted by atomic mass is 15.2. The molecule has 2 aromatic rings. The first kappa shape index (κ1) is 13.5. The summed E-state index contributed by atoms with van der Waals surface area (Å²) in [5, 5.41) is 11.6. The van der Waals surface area contributed by atoms with Gasteiger partial charge >= 0.3 is 0 Å². The average molecular weight is 256 g/mol. The SMILES string of the molecule is CC(C)Cc1ccc(Nc2cccc(CN)c2)nn1. The van der Waals surface area contributed by atoms with E-state index in [1.165, 1.54) is 0 Å². The summed E-state index contributed by atoms with van der Waals surface area (Å²) < 4.78 is 0. The van der Waals surface area contributed by atoms with Gasteiger partial charge in [-0.25, -0.2) is 0 Å². The number of rotatable bonds is 5. The van der Waals surface area contributed by atoms with Crippen molar-refractivity contribution in [2.45, 2.75) is 26.8 Å². The molecule has 4 heteroatoms. The Kier molecular flexibility index (Phi) is 4.47. The van der Waals surface area contributed by atoms with Gasteiger partial charge in [0, 0.05) is 12.2 Å². The predicted octanol–water partition coefficient (Wildman–Crippen LogP) is 2.88. The molecule has 0 saturated carbocycles. The van der Waals surface area contributed by atoms with E-state index in [9.17, 15) is 0 Å². The molecule has 1 aromatic heterocycles. The molecule has 1 heterocycles. The second-order valence-electron chi connectivity index (χ2n) is 5.04. The van der Waals surface area contributed by atoms with Gasteiger partial charge < -0.3 is 11.1 Å². The van der Waals surface area contributed by atoms with E-state index < -0.39 is 0 Å². The highest BCUT2D eigenvalue weighted by molar-refractivity contribution is 5.56. The van der Waals surface area contributed by atoms with Gasteiger partial charge in [0.05, 0.1) is 5.69 Å². The predicted molar refractivity (Wildman–Crippen MR) is 78.2 cm³/mol. The van der Waals surface area contributed by atoms with Crippen LogP contribution in [0.5, 0.6) is 0 Å². The molecule has 0 radical (unpaired) electrons. The molecule has 0 aliphatic carbocycles. The number of anilines is 2. The topological polar surface area (TPSA) is 63.8 Å². The molecule has 2 rings (SSSR count). The van der Waals surface area contributed by atoms with Gasteiger partial charge in [-0.05, 0) is 42.2 Å². The monoisotopic (exact) mass is 256 g/mol. The van der Waals surface area contributed by atoms with Crippen LogP contribution in [-0.4, -0.2) is 10.2 Å². The molecule has 0 bridgehead atoms. The van der Waals surface area contributed by atoms with Gasteiger partial charge in [-0.3, -0.25) is 0 Å². The summed E-state index contributed by atoms with van der Waals surface area (Å²) in [4.78, 5) is 0. The Labute approximate surface area is 114 Å². The standard InChI is InChI=1S/C15H20N4/c1-11(2)8-14-6-7-15(19-18-14)17-13-5-3-4-12(9-13)10-16/h3-7,9,11H,8,10,16H2,1-2H3,(H,17,19). The van der Waals surface area contributed by atoms with Crippen LogP contribution in [-0.2, 0) is 13.0 Å². The maximum Gasteiger partial charge on any atom is 0.153 e. The van der Waals surface area contributed by atoms with E-state index in [-0.39, 0.29) is 0 Å². The summed E-state index contributed by atoms with van der Waals surface area (Å²) in [6.07, 6.45) is 0.954. The average Bonchev–Trinajstić information content (AvgIpc) is 2.41. The van der Waals surface area contributed by atoms with Crippen molar-refractivity contribution in [2.24, 2.45) is 11.7 Å². The first-order chi connectivity index (χ1) is 9.17. The molecule has 0 unspecified atom stereocenters. The van der Waals surface area contributed by atoms with E-state index in [0.717, 1.165) is 29.2 Å². The summed E-state index contributed by atoms with van der Waals surface area (Å²) >= 11 is 0. The number of nitrogens with one attached hydrogen (secondary N) is 1. The summed E-state index contributed by atoms with van der Waals surface area (Å²) in [6, 6.07) is 12.0. The minimum atomic E-state index is 0.536. The van der Waals surface area contributed by atoms with Crippen molar-refractivity contribution in [3.63, 3.8) is 0 Å². The summed E-state index contributed by atoms with van der Waals surface area (Å²) in [7, 11) is 0. The zero-order chi connectivity index (χ0) is 13.7. The number of hydrogen-bond acceptors (Lipinski definition) is 4. The van der Waals surface area contributed by atoms with Crippen molar-refractivity contribution >= 4 is 11.5 Å². The fraction of sp³-hybridized carbons (Fsp3) is 0.333. The van der Waals surface area contributed by atoms with Crippen molar-refractivity contribution in [1.29, 1.82) is 0 Å². The van der Waals surface area contributed by atoms with E-state index >= 15 is 0 Å². The van der Waals surface area contributed by atoms with Crippen LogP contribution in [0.3, 0.4) is 0 Å². The fourth-order valence-electron chi connectivity index (χ4n) is 1.88. The van der Waals surface area contributed by atoms with Crippen molar-refractivity contribution in [3.8, 4) is 0 Å². The van der Waals surface area contributed by atoms with E-state index in [1.54, 1.807) is 0 Å². The molecule has 0 amide bonds. The third-order valence-corrected chi connectivity index (χ3v) is 2.77. The second-order valence-corrected chi connectivity index (χ2v) is 5.04. The van der Waals surface area contributed by atoms with E-state index in [0.29, 0.717) is 12.5 Å². The smallest absolute Gasteiger partial charge is 0.153 e. The van der Waals surface area contributed by atoms with Crippen molar-refractivity contribution in [3.05, 3.63) is 47.7 Å². The van der Waals surface area contributed by atoms with E-state index in [1.807, 2.05) is 36.4 Å². The highest BCUT2D eigenvalue weighted by Gasteiger charge is 2.01. The molecule has 4 nitrogen and oxygen atoms in total. The Morgan fingerprint density at radius 2 is 2.00 bits per heavy atom. The number of nitrogens with zero attached hydrogens (tertiary/aromatic N) is 2. The summed E-state index contributed by atoms with van der Waals surface area (Å²) in [5.41, 5.74) is 8.72. The lowest BCUT2D eigenvalue weighted by molar-refractivity contribution is 0.628. The molecule has 0 fully saturated rings. The van der Waals surface area contributed by atoms with Gasteiger partial charge in [0.2, 0.25) is 0 Å². The third kappa shape index (κ3) is 4.03. The maximum absolute atomic E-state index is 5.62. The lowest BCUT2D eigenvalue weighted by atomic mass is 10.1. The molecule has 0 atom stereocenters. The molecule has 1 aromatic carbocycles. The van der Waals surface area contributed by atoms with Crippen LogP contribution in [0.1, 0.15) is 25.1 Å². The quantitative estimate of drug-likeness (QED) is 0.863. The zero-order valence-electron chi connectivity index (χ0n) is 11.4. The first-order valence-corrected chi connectivity index (χ1v) is 6.56. The number of benzene rings is 1. The van der Waals surface area contributed by atoms with Gasteiger partial charge in [-0.2, -0.15) is 5.10 Å². The molecule has 0 saturated heterocycles. The second kappa shape index (κ2) is 6.29. The summed E-state index contributed by atoms with van der Waals surface area (Å²) in [5.74, 6) is 1.34. The molecular formula is C15H20N4. The van der Waals surface area contributed by atoms with Crippen LogP contribution in [0.15, 0.2) is 36.4 Å². The van der Waals surface area contributed by atoms with Crippen molar-refractivity contribution < 1.29 is 0 Å². The third-order valence-electron chi connectivity index (χ3n) is 2.77. The van der Waals surface area contributed by atoms with Crippen LogP contribution in [0.4, 0.5) is 11.5 Å². The Balaban J connectivity index is 2.06. The maximum atomic E-state index is 5.62. The minimum absolute atomic E-state index is 0.536. The molecule has 3 N–H and O–H groups in total. The molecule has 0 aliphatic heterocycles. The van der Waals surface area contributed by atoms with E-state index in [2.05, 4.69) is 29.4 Å².